The first-order chi connectivity index (χ1) is 13.8. The van der Waals surface area contributed by atoms with Crippen LogP contribution in [0.1, 0.15) is 47.2 Å². The zero-order valence-electron chi connectivity index (χ0n) is 16.6. The van der Waals surface area contributed by atoms with Crippen LogP contribution in [0.25, 0.3) is 5.69 Å². The fraction of sp³-hybridized carbons (Fsp3) is 0.400. The second-order valence-electron chi connectivity index (χ2n) is 7.49. The quantitative estimate of drug-likeness (QED) is 0.581. The summed E-state index contributed by atoms with van der Waals surface area (Å²) in [6.45, 7) is 6.20. The molecular formula is C20H23ClN6OS. The summed E-state index contributed by atoms with van der Waals surface area (Å²) in [7, 11) is 0. The maximum absolute atomic E-state index is 12.6. The molecule has 7 nitrogen and oxygen atoms in total. The fourth-order valence-electron chi connectivity index (χ4n) is 3.47. The zero-order valence-corrected chi connectivity index (χ0v) is 18.2. The van der Waals surface area contributed by atoms with Crippen molar-refractivity contribution in [3.63, 3.8) is 0 Å². The number of halogens is 1. The summed E-state index contributed by atoms with van der Waals surface area (Å²) in [5.74, 6) is 0.693. The van der Waals surface area contributed by atoms with Gasteiger partial charge in [0.15, 0.2) is 10.6 Å². The number of aromatic nitrogens is 5. The molecule has 0 saturated heterocycles. The van der Waals surface area contributed by atoms with E-state index in [1.807, 2.05) is 48.2 Å². The zero-order chi connectivity index (χ0) is 20.7. The molecule has 0 spiro atoms. The van der Waals surface area contributed by atoms with Gasteiger partial charge in [-0.3, -0.25) is 14.5 Å². The molecule has 9 heteroatoms. The van der Waals surface area contributed by atoms with E-state index in [1.54, 1.807) is 0 Å². The van der Waals surface area contributed by atoms with E-state index < -0.39 is 0 Å². The third kappa shape index (κ3) is 4.00. The lowest BCUT2D eigenvalue weighted by molar-refractivity contribution is -0.120. The Kier molecular flexibility index (Phi) is 5.31. The van der Waals surface area contributed by atoms with Crippen LogP contribution >= 0.6 is 23.8 Å². The summed E-state index contributed by atoms with van der Waals surface area (Å²) in [5.41, 5.74) is 4.57. The third-order valence-corrected chi connectivity index (χ3v) is 6.01. The molecule has 29 heavy (non-hydrogen) atoms. The lowest BCUT2D eigenvalue weighted by Crippen LogP contribution is -2.26. The number of nitrogens with one attached hydrogen (secondary N) is 2. The largest absolute Gasteiger partial charge is 0.349 e. The summed E-state index contributed by atoms with van der Waals surface area (Å²) in [5, 5.41) is 15.3. The summed E-state index contributed by atoms with van der Waals surface area (Å²) in [4.78, 5) is 12.6. The van der Waals surface area contributed by atoms with Crippen molar-refractivity contribution in [2.75, 3.05) is 0 Å². The minimum Gasteiger partial charge on any atom is -0.349 e. The van der Waals surface area contributed by atoms with Crippen LogP contribution in [0.5, 0.6) is 0 Å². The number of aryl methyl sites for hydroxylation is 2. The molecule has 0 aliphatic heterocycles. The molecule has 2 N–H and O–H groups in total. The number of carbonyl (C=O) groups is 1. The number of hydrogen-bond acceptors (Lipinski definition) is 4. The average molecular weight is 431 g/mol. The minimum atomic E-state index is -0.0750. The van der Waals surface area contributed by atoms with Gasteiger partial charge in [-0.05, 0) is 63.5 Å². The van der Waals surface area contributed by atoms with Gasteiger partial charge in [0.2, 0.25) is 5.91 Å². The Morgan fingerprint density at radius 1 is 1.34 bits per heavy atom. The molecule has 1 saturated carbocycles. The first-order valence-electron chi connectivity index (χ1n) is 9.59. The van der Waals surface area contributed by atoms with Gasteiger partial charge in [0.1, 0.15) is 0 Å². The summed E-state index contributed by atoms with van der Waals surface area (Å²) < 4.78 is 4.45. The number of H-pyrrole nitrogens is 1. The molecule has 1 fully saturated rings. The van der Waals surface area contributed by atoms with Crippen molar-refractivity contribution < 1.29 is 4.79 Å². The van der Waals surface area contributed by atoms with Crippen molar-refractivity contribution in [1.29, 1.82) is 0 Å². The number of nitrogens with zero attached hydrogens (tertiary/aromatic N) is 4. The molecule has 0 bridgehead atoms. The van der Waals surface area contributed by atoms with E-state index in [1.165, 1.54) is 0 Å². The number of benzene rings is 1. The Hall–Kier alpha value is -2.45. The highest BCUT2D eigenvalue weighted by atomic mass is 35.5. The van der Waals surface area contributed by atoms with Gasteiger partial charge in [0.05, 0.1) is 24.3 Å². The maximum Gasteiger partial charge on any atom is 0.224 e. The Balaban J connectivity index is 1.48. The van der Waals surface area contributed by atoms with Gasteiger partial charge in [-0.1, -0.05) is 17.7 Å². The van der Waals surface area contributed by atoms with Crippen LogP contribution in [0, 0.1) is 25.5 Å². The van der Waals surface area contributed by atoms with Crippen LogP contribution < -0.4 is 5.32 Å². The van der Waals surface area contributed by atoms with Crippen LogP contribution in [0.2, 0.25) is 5.02 Å². The van der Waals surface area contributed by atoms with Crippen molar-refractivity contribution in [3.05, 3.63) is 56.3 Å². The van der Waals surface area contributed by atoms with Crippen molar-refractivity contribution >= 4 is 29.7 Å². The fourth-order valence-corrected chi connectivity index (χ4v) is 3.94. The summed E-state index contributed by atoms with van der Waals surface area (Å²) in [6, 6.07) is 6.25. The monoisotopic (exact) mass is 430 g/mol. The molecule has 4 rings (SSSR count). The van der Waals surface area contributed by atoms with E-state index in [0.717, 1.165) is 46.9 Å². The molecular weight excluding hydrogens is 408 g/mol. The van der Waals surface area contributed by atoms with E-state index in [4.69, 9.17) is 23.8 Å². The molecule has 2 heterocycles. The van der Waals surface area contributed by atoms with Gasteiger partial charge in [-0.15, -0.1) is 0 Å². The SMILES string of the molecule is Cc1ccc(-n2nc(C)c(CC(=O)NCc3n[nH]c(=S)n3C3CC3)c2C)cc1Cl. The van der Waals surface area contributed by atoms with Crippen molar-refractivity contribution in [2.24, 2.45) is 0 Å². The topological polar surface area (TPSA) is 80.5 Å². The van der Waals surface area contributed by atoms with Crippen LogP contribution in [-0.2, 0) is 17.8 Å². The average Bonchev–Trinajstić information content (AvgIpc) is 3.40. The highest BCUT2D eigenvalue weighted by Crippen LogP contribution is 2.35. The van der Waals surface area contributed by atoms with E-state index in [9.17, 15) is 4.79 Å². The number of rotatable bonds is 6. The molecule has 0 unspecified atom stereocenters. The molecule has 0 radical (unpaired) electrons. The van der Waals surface area contributed by atoms with E-state index in [-0.39, 0.29) is 12.3 Å². The van der Waals surface area contributed by atoms with Gasteiger partial charge in [-0.25, -0.2) is 4.68 Å². The lowest BCUT2D eigenvalue weighted by atomic mass is 10.1. The van der Waals surface area contributed by atoms with Crippen LogP contribution in [0.4, 0.5) is 0 Å². The van der Waals surface area contributed by atoms with E-state index >= 15 is 0 Å². The summed E-state index contributed by atoms with van der Waals surface area (Å²) >= 11 is 11.6. The Labute approximate surface area is 179 Å². The molecule has 152 valence electrons. The Morgan fingerprint density at radius 3 is 2.79 bits per heavy atom. The number of carbonyl (C=O) groups excluding carboxylic acids is 1. The van der Waals surface area contributed by atoms with Gasteiger partial charge < -0.3 is 5.32 Å². The van der Waals surface area contributed by atoms with Crippen molar-refractivity contribution in [3.8, 4) is 5.69 Å². The first kappa shape index (κ1) is 19.8. The summed E-state index contributed by atoms with van der Waals surface area (Å²) in [6.07, 6.45) is 2.47. The standard InChI is InChI=1S/C20H23ClN6OS/c1-11-4-5-15(8-17(11)21)27-13(3)16(12(2)25-27)9-19(28)22-10-18-23-24-20(29)26(18)14-6-7-14/h4-5,8,14H,6-7,9-10H2,1-3H3,(H,22,28)(H,24,29). The van der Waals surface area contributed by atoms with Crippen LogP contribution in [0.3, 0.4) is 0 Å². The number of aromatic amines is 1. The smallest absolute Gasteiger partial charge is 0.224 e. The second kappa shape index (κ2) is 7.76. The second-order valence-corrected chi connectivity index (χ2v) is 8.29. The lowest BCUT2D eigenvalue weighted by Gasteiger charge is -2.08. The third-order valence-electron chi connectivity index (χ3n) is 5.31. The molecule has 1 aromatic carbocycles. The highest BCUT2D eigenvalue weighted by Gasteiger charge is 2.27. The predicted octanol–water partition coefficient (Wildman–Crippen LogP) is 3.90. The predicted molar refractivity (Wildman–Crippen MR) is 114 cm³/mol. The number of amides is 1. The van der Waals surface area contributed by atoms with Crippen molar-refractivity contribution in [2.45, 2.75) is 52.6 Å². The van der Waals surface area contributed by atoms with E-state index in [0.29, 0.717) is 22.4 Å². The molecule has 3 aromatic rings. The van der Waals surface area contributed by atoms with Gasteiger partial charge in [0, 0.05) is 22.3 Å². The Morgan fingerprint density at radius 2 is 2.10 bits per heavy atom. The molecule has 1 amide bonds. The minimum absolute atomic E-state index is 0.0750. The number of hydrogen-bond donors (Lipinski definition) is 2. The molecule has 1 aliphatic carbocycles. The van der Waals surface area contributed by atoms with Crippen LogP contribution in [-0.4, -0.2) is 30.5 Å². The van der Waals surface area contributed by atoms with Gasteiger partial charge in [-0.2, -0.15) is 10.2 Å². The first-order valence-corrected chi connectivity index (χ1v) is 10.4. The van der Waals surface area contributed by atoms with E-state index in [2.05, 4.69) is 20.6 Å². The Bertz CT molecular complexity index is 1140. The normalized spacial score (nSPS) is 13.7. The molecule has 2 aromatic heterocycles. The maximum atomic E-state index is 12.6. The van der Waals surface area contributed by atoms with Crippen LogP contribution in [0.15, 0.2) is 18.2 Å². The van der Waals surface area contributed by atoms with Crippen molar-refractivity contribution in [1.82, 2.24) is 29.9 Å². The highest BCUT2D eigenvalue weighted by molar-refractivity contribution is 7.71. The van der Waals surface area contributed by atoms with Gasteiger partial charge in [0.25, 0.3) is 0 Å². The molecule has 1 aliphatic rings. The van der Waals surface area contributed by atoms with Gasteiger partial charge >= 0.3 is 0 Å². The molecule has 0 atom stereocenters.